The quantitative estimate of drug-likeness (QED) is 0.510. The van der Waals surface area contributed by atoms with Crippen molar-refractivity contribution in [2.45, 2.75) is 13.3 Å². The van der Waals surface area contributed by atoms with Crippen LogP contribution in [0.3, 0.4) is 0 Å². The first-order valence-electron chi connectivity index (χ1n) is 11.2. The average molecular weight is 499 g/mol. The van der Waals surface area contributed by atoms with E-state index in [1.165, 1.54) is 11.3 Å². The Balaban J connectivity index is 1.21. The topological polar surface area (TPSA) is 74.8 Å². The molecule has 1 saturated heterocycles. The summed E-state index contributed by atoms with van der Waals surface area (Å²) in [4.78, 5) is 33.5. The second-order valence-electron chi connectivity index (χ2n) is 7.90. The number of hydrogen-bond donors (Lipinski definition) is 1. The molecule has 0 radical (unpaired) electrons. The first-order valence-corrected chi connectivity index (χ1v) is 12.5. The largest absolute Gasteiger partial charge is 0.494 e. The van der Waals surface area contributed by atoms with Gasteiger partial charge >= 0.3 is 0 Å². The first-order chi connectivity index (χ1) is 16.5. The highest BCUT2D eigenvalue weighted by molar-refractivity contribution is 7.13. The van der Waals surface area contributed by atoms with Gasteiger partial charge < -0.3 is 19.9 Å². The van der Waals surface area contributed by atoms with Crippen LogP contribution in [0.1, 0.15) is 12.6 Å². The fourth-order valence-corrected chi connectivity index (χ4v) is 4.71. The number of nitrogens with one attached hydrogen (secondary N) is 1. The zero-order valence-corrected chi connectivity index (χ0v) is 20.6. The van der Waals surface area contributed by atoms with Crippen molar-refractivity contribution >= 4 is 40.4 Å². The summed E-state index contributed by atoms with van der Waals surface area (Å²) in [5.41, 5.74) is 2.76. The standard InChI is InChI=1S/C25H27ClN4O3S/c1-2-33-22-9-3-18(4-10-22)25-28-20(17-34-25)15-23(31)27-16-24(32)30-13-11-29(12-14-30)21-7-5-19(26)6-8-21/h3-10,17H,2,11-16H2,1H3,(H,27,31). The number of aromatic nitrogens is 1. The minimum Gasteiger partial charge on any atom is -0.494 e. The van der Waals surface area contributed by atoms with Crippen molar-refractivity contribution in [3.8, 4) is 16.3 Å². The van der Waals surface area contributed by atoms with Gasteiger partial charge in [0.05, 0.1) is 25.3 Å². The molecule has 1 aliphatic heterocycles. The fraction of sp³-hybridized carbons (Fsp3) is 0.320. The lowest BCUT2D eigenvalue weighted by Crippen LogP contribution is -2.51. The Kier molecular flexibility index (Phi) is 8.03. The molecule has 0 spiro atoms. The van der Waals surface area contributed by atoms with E-state index < -0.39 is 0 Å². The van der Waals surface area contributed by atoms with E-state index in [0.29, 0.717) is 30.4 Å². The van der Waals surface area contributed by atoms with Gasteiger partial charge in [-0.15, -0.1) is 11.3 Å². The van der Waals surface area contributed by atoms with Crippen molar-refractivity contribution < 1.29 is 14.3 Å². The Morgan fingerprint density at radius 1 is 1.06 bits per heavy atom. The summed E-state index contributed by atoms with van der Waals surface area (Å²) in [5, 5.41) is 6.17. The minimum absolute atomic E-state index is 0.00430. The molecule has 178 valence electrons. The van der Waals surface area contributed by atoms with Crippen LogP contribution in [0, 0.1) is 0 Å². The van der Waals surface area contributed by atoms with Crippen LogP contribution in [0.25, 0.3) is 10.6 Å². The van der Waals surface area contributed by atoms with Gasteiger partial charge in [-0.05, 0) is 55.5 Å². The summed E-state index contributed by atoms with van der Waals surface area (Å²) in [6.45, 7) is 5.29. The Labute approximate surface area is 208 Å². The normalized spacial score (nSPS) is 13.6. The summed E-state index contributed by atoms with van der Waals surface area (Å²) in [5.74, 6) is 0.535. The van der Waals surface area contributed by atoms with Gasteiger partial charge in [-0.2, -0.15) is 0 Å². The Morgan fingerprint density at radius 3 is 2.44 bits per heavy atom. The number of carbonyl (C=O) groups excluding carboxylic acids is 2. The van der Waals surface area contributed by atoms with Crippen LogP contribution < -0.4 is 15.0 Å². The molecule has 9 heteroatoms. The molecule has 0 aliphatic carbocycles. The third-order valence-electron chi connectivity index (χ3n) is 5.57. The van der Waals surface area contributed by atoms with E-state index in [-0.39, 0.29) is 24.8 Å². The Hall–Kier alpha value is -3.10. The molecule has 0 unspecified atom stereocenters. The van der Waals surface area contributed by atoms with Gasteiger partial charge in [0.25, 0.3) is 0 Å². The van der Waals surface area contributed by atoms with Gasteiger partial charge in [0.1, 0.15) is 10.8 Å². The third kappa shape index (κ3) is 6.27. The highest BCUT2D eigenvalue weighted by Crippen LogP contribution is 2.26. The van der Waals surface area contributed by atoms with E-state index in [4.69, 9.17) is 16.3 Å². The van der Waals surface area contributed by atoms with Crippen LogP contribution in [0.5, 0.6) is 5.75 Å². The lowest BCUT2D eigenvalue weighted by atomic mass is 10.2. The van der Waals surface area contributed by atoms with Crippen LogP contribution in [-0.2, 0) is 16.0 Å². The van der Waals surface area contributed by atoms with E-state index in [0.717, 1.165) is 35.1 Å². The molecule has 7 nitrogen and oxygen atoms in total. The van der Waals surface area contributed by atoms with Gasteiger partial charge in [-0.25, -0.2) is 4.98 Å². The molecule has 2 heterocycles. The van der Waals surface area contributed by atoms with Crippen molar-refractivity contribution in [1.29, 1.82) is 0 Å². The Morgan fingerprint density at radius 2 is 1.76 bits per heavy atom. The molecule has 1 N–H and O–H groups in total. The maximum Gasteiger partial charge on any atom is 0.242 e. The lowest BCUT2D eigenvalue weighted by molar-refractivity contribution is -0.133. The number of hydrogen-bond acceptors (Lipinski definition) is 6. The van der Waals surface area contributed by atoms with Crippen LogP contribution in [-0.4, -0.2) is 61.0 Å². The number of benzene rings is 2. The molecule has 2 aromatic carbocycles. The maximum absolute atomic E-state index is 12.6. The van der Waals surface area contributed by atoms with Crippen molar-refractivity contribution in [3.05, 3.63) is 64.6 Å². The number of carbonyl (C=O) groups is 2. The number of anilines is 1. The van der Waals surface area contributed by atoms with E-state index in [2.05, 4.69) is 15.2 Å². The zero-order chi connectivity index (χ0) is 23.9. The minimum atomic E-state index is -0.211. The van der Waals surface area contributed by atoms with E-state index in [1.54, 1.807) is 4.90 Å². The molecule has 1 aromatic heterocycles. The second kappa shape index (κ2) is 11.4. The number of halogens is 1. The maximum atomic E-state index is 12.6. The number of nitrogens with zero attached hydrogens (tertiary/aromatic N) is 3. The smallest absolute Gasteiger partial charge is 0.242 e. The van der Waals surface area contributed by atoms with Crippen molar-refractivity contribution in [2.75, 3.05) is 44.2 Å². The summed E-state index contributed by atoms with van der Waals surface area (Å²) in [6, 6.07) is 15.4. The predicted octanol–water partition coefficient (Wildman–Crippen LogP) is 3.87. The number of rotatable bonds is 8. The molecule has 1 fully saturated rings. The van der Waals surface area contributed by atoms with Crippen molar-refractivity contribution in [3.63, 3.8) is 0 Å². The van der Waals surface area contributed by atoms with Crippen molar-refractivity contribution in [2.24, 2.45) is 0 Å². The number of ether oxygens (including phenoxy) is 1. The van der Waals surface area contributed by atoms with E-state index in [1.807, 2.05) is 60.8 Å². The van der Waals surface area contributed by atoms with Gasteiger partial charge in [0.2, 0.25) is 11.8 Å². The Bertz CT molecular complexity index is 1110. The van der Waals surface area contributed by atoms with Crippen molar-refractivity contribution in [1.82, 2.24) is 15.2 Å². The molecule has 2 amide bonds. The molecule has 0 saturated carbocycles. The number of amides is 2. The number of thiazole rings is 1. The molecule has 0 bridgehead atoms. The highest BCUT2D eigenvalue weighted by atomic mass is 35.5. The van der Waals surface area contributed by atoms with Gasteiger partial charge in [0.15, 0.2) is 0 Å². The van der Waals surface area contributed by atoms with Crippen LogP contribution >= 0.6 is 22.9 Å². The van der Waals surface area contributed by atoms with Crippen LogP contribution in [0.4, 0.5) is 5.69 Å². The summed E-state index contributed by atoms with van der Waals surface area (Å²) in [7, 11) is 0. The lowest BCUT2D eigenvalue weighted by Gasteiger charge is -2.36. The molecule has 4 rings (SSSR count). The summed E-state index contributed by atoms with van der Waals surface area (Å²) >= 11 is 7.45. The highest BCUT2D eigenvalue weighted by Gasteiger charge is 2.21. The molecule has 0 atom stereocenters. The number of piperazine rings is 1. The summed E-state index contributed by atoms with van der Waals surface area (Å²) in [6.07, 6.45) is 0.144. The van der Waals surface area contributed by atoms with E-state index in [9.17, 15) is 9.59 Å². The predicted molar refractivity (Wildman–Crippen MR) is 136 cm³/mol. The molecule has 1 aliphatic rings. The van der Waals surface area contributed by atoms with Gasteiger partial charge in [-0.1, -0.05) is 11.6 Å². The van der Waals surface area contributed by atoms with E-state index >= 15 is 0 Å². The summed E-state index contributed by atoms with van der Waals surface area (Å²) < 4.78 is 5.47. The molecule has 3 aromatic rings. The van der Waals surface area contributed by atoms with Gasteiger partial charge in [-0.3, -0.25) is 9.59 Å². The van der Waals surface area contributed by atoms with Crippen LogP contribution in [0.15, 0.2) is 53.9 Å². The van der Waals surface area contributed by atoms with Crippen LogP contribution in [0.2, 0.25) is 5.02 Å². The second-order valence-corrected chi connectivity index (χ2v) is 9.19. The molecule has 34 heavy (non-hydrogen) atoms. The van der Waals surface area contributed by atoms with Gasteiger partial charge in [0, 0.05) is 47.8 Å². The zero-order valence-electron chi connectivity index (χ0n) is 19.0. The SMILES string of the molecule is CCOc1ccc(-c2nc(CC(=O)NCC(=O)N3CCN(c4ccc(Cl)cc4)CC3)cs2)cc1. The monoisotopic (exact) mass is 498 g/mol. The average Bonchev–Trinajstić information content (AvgIpc) is 3.32. The molecular weight excluding hydrogens is 472 g/mol. The third-order valence-corrected chi connectivity index (χ3v) is 6.76. The first kappa shape index (κ1) is 24.0. The molecular formula is C25H27ClN4O3S. The fourth-order valence-electron chi connectivity index (χ4n) is 3.76.